The number of nitrogens with zero attached hydrogens (tertiary/aromatic N) is 1. The first kappa shape index (κ1) is 32.0. The minimum Gasteiger partial charge on any atom is -0.351 e. The molecule has 7 heteroatoms. The van der Waals surface area contributed by atoms with Crippen LogP contribution in [0.15, 0.2) is 24.3 Å². The molecule has 0 bridgehead atoms. The first-order valence-electron chi connectivity index (χ1n) is 17.2. The lowest BCUT2D eigenvalue weighted by Gasteiger charge is -2.48. The molecule has 0 radical (unpaired) electrons. The predicted octanol–water partition coefficient (Wildman–Crippen LogP) is 6.56. The van der Waals surface area contributed by atoms with Gasteiger partial charge in [0.15, 0.2) is 0 Å². The summed E-state index contributed by atoms with van der Waals surface area (Å²) in [5.41, 5.74) is 0.0559. The molecular formula is C36H54FN3O3. The highest BCUT2D eigenvalue weighted by molar-refractivity contribution is 5.89. The molecule has 5 rings (SSSR count). The summed E-state index contributed by atoms with van der Waals surface area (Å²) in [6, 6.07) is 5.53. The van der Waals surface area contributed by atoms with E-state index in [1.165, 1.54) is 44.2 Å². The molecule has 3 saturated carbocycles. The topological polar surface area (TPSA) is 78.5 Å². The van der Waals surface area contributed by atoms with E-state index in [9.17, 15) is 18.8 Å². The van der Waals surface area contributed by atoms with Gasteiger partial charge < -0.3 is 15.5 Å². The molecule has 1 saturated heterocycles. The maximum Gasteiger partial charge on any atom is 0.245 e. The number of nitrogens with one attached hydrogen (secondary N) is 2. The van der Waals surface area contributed by atoms with Crippen LogP contribution in [0.5, 0.6) is 0 Å². The zero-order valence-corrected chi connectivity index (χ0v) is 26.8. The van der Waals surface area contributed by atoms with Crippen molar-refractivity contribution in [2.24, 2.45) is 29.1 Å². The van der Waals surface area contributed by atoms with Gasteiger partial charge in [0, 0.05) is 31.0 Å². The van der Waals surface area contributed by atoms with Crippen LogP contribution in [0.4, 0.5) is 4.39 Å². The van der Waals surface area contributed by atoms with Crippen molar-refractivity contribution in [3.05, 3.63) is 35.6 Å². The number of likely N-dealkylation sites (tertiary alicyclic amines) is 1. The fourth-order valence-electron chi connectivity index (χ4n) is 8.74. The number of carbonyl (C=O) groups is 3. The third-order valence-electron chi connectivity index (χ3n) is 11.2. The van der Waals surface area contributed by atoms with Crippen LogP contribution in [0.3, 0.4) is 0 Å². The molecule has 2 N–H and O–H groups in total. The quantitative estimate of drug-likeness (QED) is 0.375. The Balaban J connectivity index is 1.29. The van der Waals surface area contributed by atoms with E-state index in [1.54, 1.807) is 12.1 Å². The van der Waals surface area contributed by atoms with Gasteiger partial charge in [-0.25, -0.2) is 4.39 Å². The Morgan fingerprint density at radius 2 is 1.51 bits per heavy atom. The third kappa shape index (κ3) is 7.81. The second-order valence-electron chi connectivity index (χ2n) is 15.2. The van der Waals surface area contributed by atoms with Crippen molar-refractivity contribution in [3.63, 3.8) is 0 Å². The lowest BCUT2D eigenvalue weighted by atomic mass is 9.63. The fourth-order valence-corrected chi connectivity index (χ4v) is 8.74. The summed E-state index contributed by atoms with van der Waals surface area (Å²) < 4.78 is 13.7. The molecule has 6 nitrogen and oxygen atoms in total. The lowest BCUT2D eigenvalue weighted by molar-refractivity contribution is -0.147. The van der Waals surface area contributed by atoms with Gasteiger partial charge in [0.25, 0.3) is 0 Å². The van der Waals surface area contributed by atoms with Gasteiger partial charge in [-0.15, -0.1) is 0 Å². The minimum absolute atomic E-state index is 0.0115. The average Bonchev–Trinajstić information content (AvgIpc) is 3.00. The summed E-state index contributed by atoms with van der Waals surface area (Å²) in [4.78, 5) is 43.5. The Hall–Kier alpha value is -2.44. The second kappa shape index (κ2) is 13.7. The van der Waals surface area contributed by atoms with Gasteiger partial charge >= 0.3 is 0 Å². The first-order valence-corrected chi connectivity index (χ1v) is 17.2. The molecule has 3 aliphatic carbocycles. The number of piperidine rings is 1. The van der Waals surface area contributed by atoms with E-state index in [0.717, 1.165) is 56.4 Å². The van der Waals surface area contributed by atoms with Crippen LogP contribution in [-0.2, 0) is 20.8 Å². The van der Waals surface area contributed by atoms with Gasteiger partial charge in [0.2, 0.25) is 17.7 Å². The molecule has 4 atom stereocenters. The largest absolute Gasteiger partial charge is 0.351 e. The number of hydrogen-bond donors (Lipinski definition) is 2. The molecular weight excluding hydrogens is 541 g/mol. The van der Waals surface area contributed by atoms with Crippen LogP contribution in [0.2, 0.25) is 0 Å². The Morgan fingerprint density at radius 3 is 2.16 bits per heavy atom. The summed E-state index contributed by atoms with van der Waals surface area (Å²) in [7, 11) is 0. The van der Waals surface area contributed by atoms with Crippen LogP contribution in [0.1, 0.15) is 116 Å². The van der Waals surface area contributed by atoms with Crippen molar-refractivity contribution in [1.29, 1.82) is 0 Å². The van der Waals surface area contributed by atoms with Crippen molar-refractivity contribution in [2.45, 2.75) is 129 Å². The Labute approximate surface area is 258 Å². The molecule has 238 valence electrons. The van der Waals surface area contributed by atoms with Crippen LogP contribution in [-0.4, -0.2) is 47.3 Å². The third-order valence-corrected chi connectivity index (χ3v) is 11.2. The normalized spacial score (nSPS) is 27.1. The minimum atomic E-state index is -0.701. The SMILES string of the molecule is CC(C)(C)NC(=O)C1(C2CCCCC2)CCN(C(=O)C(Cc2ccc(F)cc2)NC(=O)C2CCC3CCCCC3C2)CC1. The second-order valence-corrected chi connectivity index (χ2v) is 15.2. The zero-order valence-electron chi connectivity index (χ0n) is 26.8. The van der Waals surface area contributed by atoms with E-state index in [4.69, 9.17) is 0 Å². The molecule has 0 spiro atoms. The number of fused-ring (bicyclic) bond motifs is 1. The maximum absolute atomic E-state index is 14.1. The van der Waals surface area contributed by atoms with Gasteiger partial charge in [0.05, 0.1) is 5.41 Å². The van der Waals surface area contributed by atoms with E-state index in [0.29, 0.717) is 44.2 Å². The Bertz CT molecular complexity index is 1120. The van der Waals surface area contributed by atoms with Crippen molar-refractivity contribution < 1.29 is 18.8 Å². The standard InChI is InChI=1S/C36H54FN3O3/c1-35(2,3)39-34(43)36(29-11-5-4-6-12-29)19-21-40(22-20-36)33(42)31(23-25-13-17-30(37)18-14-25)38-32(41)28-16-15-26-9-7-8-10-27(26)24-28/h13-14,17-18,26-29,31H,4-12,15-16,19-24H2,1-3H3,(H,38,41)(H,39,43). The van der Waals surface area contributed by atoms with Gasteiger partial charge in [-0.05, 0) is 101 Å². The van der Waals surface area contributed by atoms with E-state index >= 15 is 0 Å². The van der Waals surface area contributed by atoms with Crippen molar-refractivity contribution >= 4 is 17.7 Å². The summed E-state index contributed by atoms with van der Waals surface area (Å²) >= 11 is 0. The number of benzene rings is 1. The van der Waals surface area contributed by atoms with E-state index in [2.05, 4.69) is 10.6 Å². The molecule has 1 aromatic rings. The van der Waals surface area contributed by atoms with Gasteiger partial charge in [-0.1, -0.05) is 57.1 Å². The molecule has 1 heterocycles. The smallest absolute Gasteiger partial charge is 0.245 e. The zero-order chi connectivity index (χ0) is 30.6. The summed E-state index contributed by atoms with van der Waals surface area (Å²) in [6.45, 7) is 7.11. The van der Waals surface area contributed by atoms with Crippen molar-refractivity contribution in [2.75, 3.05) is 13.1 Å². The molecule has 43 heavy (non-hydrogen) atoms. The molecule has 4 unspecified atom stereocenters. The number of hydrogen-bond acceptors (Lipinski definition) is 3. The van der Waals surface area contributed by atoms with Crippen LogP contribution >= 0.6 is 0 Å². The highest BCUT2D eigenvalue weighted by atomic mass is 19.1. The first-order chi connectivity index (χ1) is 20.5. The molecule has 0 aromatic heterocycles. The van der Waals surface area contributed by atoms with Gasteiger partial charge in [0.1, 0.15) is 11.9 Å². The van der Waals surface area contributed by atoms with Crippen molar-refractivity contribution in [1.82, 2.24) is 15.5 Å². The fraction of sp³-hybridized carbons (Fsp3) is 0.750. The molecule has 4 aliphatic rings. The number of amides is 3. The summed E-state index contributed by atoms with van der Waals surface area (Å²) in [5, 5.41) is 6.46. The Morgan fingerprint density at radius 1 is 0.884 bits per heavy atom. The summed E-state index contributed by atoms with van der Waals surface area (Å²) in [5.74, 6) is 1.38. The molecule has 3 amide bonds. The van der Waals surface area contributed by atoms with Gasteiger partial charge in [-0.3, -0.25) is 14.4 Å². The number of rotatable bonds is 7. The number of halogens is 1. The Kier molecular flexibility index (Phi) is 10.2. The molecule has 1 aliphatic heterocycles. The van der Waals surface area contributed by atoms with Crippen LogP contribution < -0.4 is 10.6 Å². The number of carbonyl (C=O) groups excluding carboxylic acids is 3. The van der Waals surface area contributed by atoms with Crippen LogP contribution in [0.25, 0.3) is 0 Å². The average molecular weight is 596 g/mol. The van der Waals surface area contributed by atoms with E-state index < -0.39 is 11.5 Å². The summed E-state index contributed by atoms with van der Waals surface area (Å²) in [6.07, 6.45) is 15.3. The highest BCUT2D eigenvalue weighted by Crippen LogP contribution is 2.47. The lowest BCUT2D eigenvalue weighted by Crippen LogP contribution is -2.59. The van der Waals surface area contributed by atoms with Crippen molar-refractivity contribution in [3.8, 4) is 0 Å². The maximum atomic E-state index is 14.1. The van der Waals surface area contributed by atoms with Crippen LogP contribution in [0, 0.1) is 34.9 Å². The predicted molar refractivity (Wildman–Crippen MR) is 168 cm³/mol. The van der Waals surface area contributed by atoms with Gasteiger partial charge in [-0.2, -0.15) is 0 Å². The molecule has 1 aromatic carbocycles. The highest BCUT2D eigenvalue weighted by Gasteiger charge is 2.49. The molecule has 4 fully saturated rings. The van der Waals surface area contributed by atoms with E-state index in [1.807, 2.05) is 25.7 Å². The monoisotopic (exact) mass is 595 g/mol. The van der Waals surface area contributed by atoms with E-state index in [-0.39, 0.29) is 35.0 Å².